The lowest BCUT2D eigenvalue weighted by Gasteiger charge is -2.35. The van der Waals surface area contributed by atoms with Gasteiger partial charge in [0.1, 0.15) is 0 Å². The number of piperidine rings is 1. The normalized spacial score (nSPS) is 20.2. The summed E-state index contributed by atoms with van der Waals surface area (Å²) >= 11 is 0. The monoisotopic (exact) mass is 404 g/mol. The molecule has 4 rings (SSSR count). The fourth-order valence-corrected chi connectivity index (χ4v) is 4.91. The van der Waals surface area contributed by atoms with Crippen LogP contribution in [0.1, 0.15) is 62.0 Å². The van der Waals surface area contributed by atoms with Crippen molar-refractivity contribution in [3.8, 4) is 0 Å². The number of hydrogen-bond acceptors (Lipinski definition) is 2. The van der Waals surface area contributed by atoms with E-state index in [9.17, 15) is 9.59 Å². The van der Waals surface area contributed by atoms with E-state index in [0.717, 1.165) is 43.4 Å². The zero-order valence-electron chi connectivity index (χ0n) is 17.6. The average Bonchev–Trinajstić information content (AvgIpc) is 2.81. The standard InChI is InChI=1S/C26H32N2O2/c29-25(27-23-16-8-3-9-17-23)22-15-10-18-28(19-22)26(30)24(20-11-4-1-5-12-20)21-13-6-2-7-14-21/h1-2,4-7,11-14,22-24H,3,8-10,15-19H2,(H,27,29). The van der Waals surface area contributed by atoms with Crippen LogP contribution in [0.25, 0.3) is 0 Å². The van der Waals surface area contributed by atoms with Crippen LogP contribution in [-0.4, -0.2) is 35.8 Å². The van der Waals surface area contributed by atoms with E-state index in [4.69, 9.17) is 0 Å². The maximum atomic E-state index is 13.7. The van der Waals surface area contributed by atoms with Gasteiger partial charge in [0.2, 0.25) is 11.8 Å². The minimum atomic E-state index is -0.326. The smallest absolute Gasteiger partial charge is 0.234 e. The summed E-state index contributed by atoms with van der Waals surface area (Å²) < 4.78 is 0. The Bertz CT molecular complexity index is 791. The first-order valence-corrected chi connectivity index (χ1v) is 11.4. The van der Waals surface area contributed by atoms with Gasteiger partial charge in [0.05, 0.1) is 11.8 Å². The molecule has 0 spiro atoms. The van der Waals surface area contributed by atoms with Crippen molar-refractivity contribution >= 4 is 11.8 Å². The third kappa shape index (κ3) is 4.92. The molecule has 2 fully saturated rings. The number of likely N-dealkylation sites (tertiary alicyclic amines) is 1. The summed E-state index contributed by atoms with van der Waals surface area (Å²) in [6, 6.07) is 20.3. The summed E-state index contributed by atoms with van der Waals surface area (Å²) in [5.74, 6) is -0.192. The summed E-state index contributed by atoms with van der Waals surface area (Å²) in [6.45, 7) is 1.25. The largest absolute Gasteiger partial charge is 0.353 e. The Hall–Kier alpha value is -2.62. The first-order chi connectivity index (χ1) is 14.7. The second-order valence-corrected chi connectivity index (χ2v) is 8.72. The molecular formula is C26H32N2O2. The first-order valence-electron chi connectivity index (χ1n) is 11.4. The minimum absolute atomic E-state index is 0.0996. The molecule has 1 atom stereocenters. The highest BCUT2D eigenvalue weighted by Crippen LogP contribution is 2.29. The van der Waals surface area contributed by atoms with Gasteiger partial charge in [-0.2, -0.15) is 0 Å². The van der Waals surface area contributed by atoms with Crippen molar-refractivity contribution in [1.29, 1.82) is 0 Å². The Balaban J connectivity index is 1.48. The Kier molecular flexibility index (Phi) is 6.83. The van der Waals surface area contributed by atoms with Gasteiger partial charge in [-0.15, -0.1) is 0 Å². The highest BCUT2D eigenvalue weighted by molar-refractivity contribution is 5.88. The highest BCUT2D eigenvalue weighted by atomic mass is 16.2. The summed E-state index contributed by atoms with van der Waals surface area (Å²) in [5, 5.41) is 3.26. The lowest BCUT2D eigenvalue weighted by atomic mass is 9.88. The number of carbonyl (C=O) groups is 2. The van der Waals surface area contributed by atoms with Gasteiger partial charge in [-0.1, -0.05) is 79.9 Å². The molecule has 1 aliphatic heterocycles. The van der Waals surface area contributed by atoms with Crippen molar-refractivity contribution in [1.82, 2.24) is 10.2 Å². The van der Waals surface area contributed by atoms with E-state index in [2.05, 4.69) is 5.32 Å². The minimum Gasteiger partial charge on any atom is -0.353 e. The van der Waals surface area contributed by atoms with Crippen LogP contribution >= 0.6 is 0 Å². The molecule has 1 saturated heterocycles. The Morgan fingerprint density at radius 2 is 1.40 bits per heavy atom. The molecule has 0 radical (unpaired) electrons. The molecule has 2 aromatic carbocycles. The van der Waals surface area contributed by atoms with E-state index in [-0.39, 0.29) is 23.7 Å². The van der Waals surface area contributed by atoms with Crippen molar-refractivity contribution in [3.05, 3.63) is 71.8 Å². The molecule has 2 amide bonds. The van der Waals surface area contributed by atoms with Crippen LogP contribution in [0, 0.1) is 5.92 Å². The second kappa shape index (κ2) is 9.92. The molecule has 4 nitrogen and oxygen atoms in total. The molecule has 1 N–H and O–H groups in total. The SMILES string of the molecule is O=C(NC1CCCCC1)C1CCCN(C(=O)C(c2ccccc2)c2ccccc2)C1. The molecule has 1 heterocycles. The topological polar surface area (TPSA) is 49.4 Å². The molecule has 30 heavy (non-hydrogen) atoms. The lowest BCUT2D eigenvalue weighted by molar-refractivity contribution is -0.136. The molecule has 1 saturated carbocycles. The van der Waals surface area contributed by atoms with E-state index in [1.165, 1.54) is 19.3 Å². The summed E-state index contributed by atoms with van der Waals surface area (Å²) in [5.41, 5.74) is 2.00. The molecule has 0 bridgehead atoms. The van der Waals surface area contributed by atoms with Gasteiger partial charge >= 0.3 is 0 Å². The van der Waals surface area contributed by atoms with Crippen LogP contribution in [0.4, 0.5) is 0 Å². The van der Waals surface area contributed by atoms with Crippen molar-refractivity contribution in [3.63, 3.8) is 0 Å². The summed E-state index contributed by atoms with van der Waals surface area (Å²) in [4.78, 5) is 28.5. The van der Waals surface area contributed by atoms with E-state index < -0.39 is 0 Å². The summed E-state index contributed by atoms with van der Waals surface area (Å²) in [6.07, 6.45) is 7.61. The quantitative estimate of drug-likeness (QED) is 0.797. The fourth-order valence-electron chi connectivity index (χ4n) is 4.91. The molecule has 2 aromatic rings. The zero-order valence-corrected chi connectivity index (χ0v) is 17.6. The molecular weight excluding hydrogens is 372 g/mol. The predicted octanol–water partition coefficient (Wildman–Crippen LogP) is 4.51. The Morgan fingerprint density at radius 1 is 0.800 bits per heavy atom. The van der Waals surface area contributed by atoms with Gasteiger partial charge in [0.25, 0.3) is 0 Å². The van der Waals surface area contributed by atoms with Crippen LogP contribution < -0.4 is 5.32 Å². The van der Waals surface area contributed by atoms with Crippen LogP contribution in [0.5, 0.6) is 0 Å². The van der Waals surface area contributed by atoms with Crippen LogP contribution in [0.15, 0.2) is 60.7 Å². The molecule has 158 valence electrons. The lowest BCUT2D eigenvalue weighted by Crippen LogP contribution is -2.49. The van der Waals surface area contributed by atoms with Gasteiger partial charge in [-0.25, -0.2) is 0 Å². The number of nitrogens with one attached hydrogen (secondary N) is 1. The van der Waals surface area contributed by atoms with Crippen molar-refractivity contribution in [2.24, 2.45) is 5.92 Å². The van der Waals surface area contributed by atoms with Gasteiger partial charge in [-0.3, -0.25) is 9.59 Å². The highest BCUT2D eigenvalue weighted by Gasteiger charge is 2.33. The molecule has 1 unspecified atom stereocenters. The van der Waals surface area contributed by atoms with Crippen molar-refractivity contribution < 1.29 is 9.59 Å². The van der Waals surface area contributed by atoms with E-state index in [1.807, 2.05) is 65.6 Å². The van der Waals surface area contributed by atoms with Gasteiger partial charge in [0, 0.05) is 19.1 Å². The van der Waals surface area contributed by atoms with Gasteiger partial charge < -0.3 is 10.2 Å². The van der Waals surface area contributed by atoms with E-state index >= 15 is 0 Å². The van der Waals surface area contributed by atoms with Crippen LogP contribution in [0.3, 0.4) is 0 Å². The number of benzene rings is 2. The molecule has 4 heteroatoms. The van der Waals surface area contributed by atoms with Crippen molar-refractivity contribution in [2.45, 2.75) is 56.9 Å². The van der Waals surface area contributed by atoms with Gasteiger partial charge in [-0.05, 0) is 36.8 Å². The van der Waals surface area contributed by atoms with E-state index in [0.29, 0.717) is 12.6 Å². The maximum Gasteiger partial charge on any atom is 0.234 e. The third-order valence-electron chi connectivity index (χ3n) is 6.57. The van der Waals surface area contributed by atoms with Gasteiger partial charge in [0.15, 0.2) is 0 Å². The Labute approximate surface area is 179 Å². The number of rotatable bonds is 5. The Morgan fingerprint density at radius 3 is 2.00 bits per heavy atom. The number of amides is 2. The maximum absolute atomic E-state index is 13.7. The van der Waals surface area contributed by atoms with Crippen LogP contribution in [-0.2, 0) is 9.59 Å². The molecule has 0 aromatic heterocycles. The predicted molar refractivity (Wildman–Crippen MR) is 119 cm³/mol. The number of nitrogens with zero attached hydrogens (tertiary/aromatic N) is 1. The summed E-state index contributed by atoms with van der Waals surface area (Å²) in [7, 11) is 0. The van der Waals surface area contributed by atoms with Crippen LogP contribution in [0.2, 0.25) is 0 Å². The third-order valence-corrected chi connectivity index (χ3v) is 6.57. The fraction of sp³-hybridized carbons (Fsp3) is 0.462. The van der Waals surface area contributed by atoms with E-state index in [1.54, 1.807) is 0 Å². The molecule has 2 aliphatic rings. The number of hydrogen-bond donors (Lipinski definition) is 1. The number of carbonyl (C=O) groups excluding carboxylic acids is 2. The van der Waals surface area contributed by atoms with Crippen molar-refractivity contribution in [2.75, 3.05) is 13.1 Å². The first kappa shape index (κ1) is 20.6. The average molecular weight is 405 g/mol. The zero-order chi connectivity index (χ0) is 20.8. The second-order valence-electron chi connectivity index (χ2n) is 8.72. The molecule has 1 aliphatic carbocycles.